The molecule has 0 radical (unpaired) electrons. The molecule has 1 aliphatic rings. The van der Waals surface area contributed by atoms with Crippen LogP contribution < -0.4 is 5.32 Å². The van der Waals surface area contributed by atoms with Gasteiger partial charge in [-0.05, 0) is 25.2 Å². The van der Waals surface area contributed by atoms with Gasteiger partial charge in [-0.15, -0.1) is 0 Å². The molecule has 1 saturated carbocycles. The number of carbonyl (C=O) groups is 2. The lowest BCUT2D eigenvalue weighted by atomic mass is 9.77. The van der Waals surface area contributed by atoms with E-state index in [1.54, 1.807) is 0 Å². The highest BCUT2D eigenvalue weighted by Gasteiger charge is 2.29. The van der Waals surface area contributed by atoms with E-state index in [2.05, 4.69) is 5.32 Å². The van der Waals surface area contributed by atoms with Gasteiger partial charge in [0.15, 0.2) is 0 Å². The first-order valence-corrected chi connectivity index (χ1v) is 4.57. The maximum atomic E-state index is 10.6. The lowest BCUT2D eigenvalue weighted by molar-refractivity contribution is -0.137. The Morgan fingerprint density at radius 1 is 1.46 bits per heavy atom. The van der Waals surface area contributed by atoms with Crippen LogP contribution in [0.4, 0.5) is 0 Å². The van der Waals surface area contributed by atoms with Gasteiger partial charge in [0.05, 0.1) is 0 Å². The van der Waals surface area contributed by atoms with Crippen molar-refractivity contribution in [2.75, 3.05) is 0 Å². The van der Waals surface area contributed by atoms with E-state index >= 15 is 0 Å². The van der Waals surface area contributed by atoms with Crippen LogP contribution in [0.3, 0.4) is 0 Å². The standard InChI is InChI=1S/C9H15NO3/c1-6(11)10-8-4-7(5-8)2-3-9(12)13/h7-8H,2-5H2,1H3,(H,10,11)(H,12,13). The smallest absolute Gasteiger partial charge is 0.303 e. The molecule has 1 fully saturated rings. The van der Waals surface area contributed by atoms with E-state index in [9.17, 15) is 9.59 Å². The molecule has 1 aliphatic carbocycles. The first kappa shape index (κ1) is 10.0. The Hall–Kier alpha value is -1.06. The molecule has 2 N–H and O–H groups in total. The van der Waals surface area contributed by atoms with Gasteiger partial charge < -0.3 is 10.4 Å². The van der Waals surface area contributed by atoms with Crippen molar-refractivity contribution in [3.8, 4) is 0 Å². The van der Waals surface area contributed by atoms with Crippen molar-refractivity contribution in [3.05, 3.63) is 0 Å². The molecule has 0 atom stereocenters. The summed E-state index contributed by atoms with van der Waals surface area (Å²) in [5.74, 6) is -0.238. The van der Waals surface area contributed by atoms with E-state index in [1.165, 1.54) is 6.92 Å². The van der Waals surface area contributed by atoms with Crippen molar-refractivity contribution in [2.45, 2.75) is 38.6 Å². The maximum Gasteiger partial charge on any atom is 0.303 e. The second kappa shape index (κ2) is 4.25. The summed E-state index contributed by atoms with van der Waals surface area (Å²) in [7, 11) is 0. The Bertz CT molecular complexity index is 209. The normalized spacial score (nSPS) is 26.2. The zero-order valence-electron chi connectivity index (χ0n) is 7.75. The predicted molar refractivity (Wildman–Crippen MR) is 47.2 cm³/mol. The van der Waals surface area contributed by atoms with E-state index in [0.717, 1.165) is 19.3 Å². The topological polar surface area (TPSA) is 66.4 Å². The van der Waals surface area contributed by atoms with Gasteiger partial charge in [-0.1, -0.05) is 0 Å². The van der Waals surface area contributed by atoms with Crippen LogP contribution in [0.5, 0.6) is 0 Å². The molecule has 1 rings (SSSR count). The zero-order chi connectivity index (χ0) is 9.84. The average Bonchev–Trinajstić information content (AvgIpc) is 1.92. The summed E-state index contributed by atoms with van der Waals surface area (Å²) in [5.41, 5.74) is 0. The molecular weight excluding hydrogens is 170 g/mol. The third-order valence-electron chi connectivity index (χ3n) is 2.41. The monoisotopic (exact) mass is 185 g/mol. The lowest BCUT2D eigenvalue weighted by Crippen LogP contribution is -2.43. The number of hydrogen-bond donors (Lipinski definition) is 2. The van der Waals surface area contributed by atoms with Crippen LogP contribution in [0.1, 0.15) is 32.6 Å². The van der Waals surface area contributed by atoms with E-state index in [1.807, 2.05) is 0 Å². The summed E-state index contributed by atoms with van der Waals surface area (Å²) in [5, 5.41) is 11.2. The number of hydrogen-bond acceptors (Lipinski definition) is 2. The fraction of sp³-hybridized carbons (Fsp3) is 0.778. The van der Waals surface area contributed by atoms with Gasteiger partial charge in [-0.25, -0.2) is 0 Å². The van der Waals surface area contributed by atoms with E-state index < -0.39 is 5.97 Å². The second-order valence-corrected chi connectivity index (χ2v) is 3.67. The summed E-state index contributed by atoms with van der Waals surface area (Å²) in [6, 6.07) is 0.288. The molecule has 0 aliphatic heterocycles. The fourth-order valence-electron chi connectivity index (χ4n) is 1.70. The van der Waals surface area contributed by atoms with Crippen LogP contribution in [-0.2, 0) is 9.59 Å². The van der Waals surface area contributed by atoms with Crippen molar-refractivity contribution < 1.29 is 14.7 Å². The summed E-state index contributed by atoms with van der Waals surface area (Å²) in [4.78, 5) is 20.8. The van der Waals surface area contributed by atoms with Crippen LogP contribution >= 0.6 is 0 Å². The largest absolute Gasteiger partial charge is 0.481 e. The van der Waals surface area contributed by atoms with Gasteiger partial charge in [0.2, 0.25) is 5.91 Å². The Balaban J connectivity index is 2.05. The second-order valence-electron chi connectivity index (χ2n) is 3.67. The SMILES string of the molecule is CC(=O)NC1CC(CCC(=O)O)C1. The van der Waals surface area contributed by atoms with Crippen LogP contribution in [0.2, 0.25) is 0 Å². The minimum atomic E-state index is -0.733. The van der Waals surface area contributed by atoms with Crippen molar-refractivity contribution in [1.82, 2.24) is 5.32 Å². The number of carboxylic acids is 1. The van der Waals surface area contributed by atoms with Crippen LogP contribution in [0, 0.1) is 5.92 Å². The van der Waals surface area contributed by atoms with Gasteiger partial charge >= 0.3 is 5.97 Å². The quantitative estimate of drug-likeness (QED) is 0.679. The molecule has 0 aromatic rings. The highest BCUT2D eigenvalue weighted by atomic mass is 16.4. The third-order valence-corrected chi connectivity index (χ3v) is 2.41. The van der Waals surface area contributed by atoms with E-state index in [4.69, 9.17) is 5.11 Å². The molecule has 0 heterocycles. The molecule has 4 nitrogen and oxygen atoms in total. The van der Waals surface area contributed by atoms with Gasteiger partial charge in [-0.3, -0.25) is 9.59 Å². The summed E-state index contributed by atoms with van der Waals surface area (Å²) >= 11 is 0. The molecule has 0 spiro atoms. The van der Waals surface area contributed by atoms with Gasteiger partial charge in [0.25, 0.3) is 0 Å². The minimum Gasteiger partial charge on any atom is -0.481 e. The molecule has 4 heteroatoms. The Morgan fingerprint density at radius 2 is 2.08 bits per heavy atom. The lowest BCUT2D eigenvalue weighted by Gasteiger charge is -2.35. The maximum absolute atomic E-state index is 10.6. The van der Waals surface area contributed by atoms with Gasteiger partial charge in [0.1, 0.15) is 0 Å². The van der Waals surface area contributed by atoms with E-state index in [0.29, 0.717) is 5.92 Å². The predicted octanol–water partition coefficient (Wildman–Crippen LogP) is 0.766. The number of carboxylic acid groups (broad SMARTS) is 1. The average molecular weight is 185 g/mol. The highest BCUT2D eigenvalue weighted by molar-refractivity contribution is 5.73. The van der Waals surface area contributed by atoms with Crippen molar-refractivity contribution in [1.29, 1.82) is 0 Å². The Morgan fingerprint density at radius 3 is 2.54 bits per heavy atom. The van der Waals surface area contributed by atoms with Crippen LogP contribution in [0.15, 0.2) is 0 Å². The first-order chi connectivity index (χ1) is 6.08. The first-order valence-electron chi connectivity index (χ1n) is 4.57. The van der Waals surface area contributed by atoms with Crippen molar-refractivity contribution >= 4 is 11.9 Å². The number of rotatable bonds is 4. The summed E-state index contributed by atoms with van der Waals surface area (Å²) in [6.07, 6.45) is 2.86. The Labute approximate surface area is 77.3 Å². The summed E-state index contributed by atoms with van der Waals surface area (Å²) in [6.45, 7) is 1.50. The molecule has 1 amide bonds. The molecule has 13 heavy (non-hydrogen) atoms. The number of carbonyl (C=O) groups excluding carboxylic acids is 1. The van der Waals surface area contributed by atoms with Crippen LogP contribution in [0.25, 0.3) is 0 Å². The highest BCUT2D eigenvalue weighted by Crippen LogP contribution is 2.31. The van der Waals surface area contributed by atoms with Crippen molar-refractivity contribution in [3.63, 3.8) is 0 Å². The van der Waals surface area contributed by atoms with E-state index in [-0.39, 0.29) is 18.4 Å². The zero-order valence-corrected chi connectivity index (χ0v) is 7.75. The molecule has 0 aromatic heterocycles. The van der Waals surface area contributed by atoms with Gasteiger partial charge in [0, 0.05) is 19.4 Å². The number of aliphatic carboxylic acids is 1. The van der Waals surface area contributed by atoms with Crippen LogP contribution in [-0.4, -0.2) is 23.0 Å². The minimum absolute atomic E-state index is 0.00156. The molecular formula is C9H15NO3. The van der Waals surface area contributed by atoms with Crippen molar-refractivity contribution in [2.24, 2.45) is 5.92 Å². The summed E-state index contributed by atoms with van der Waals surface area (Å²) < 4.78 is 0. The molecule has 74 valence electrons. The molecule has 0 bridgehead atoms. The molecule has 0 unspecified atom stereocenters. The number of nitrogens with one attached hydrogen (secondary N) is 1. The fourth-order valence-corrected chi connectivity index (χ4v) is 1.70. The molecule has 0 aromatic carbocycles. The number of amides is 1. The third kappa shape index (κ3) is 3.44. The molecule has 0 saturated heterocycles. The van der Waals surface area contributed by atoms with Gasteiger partial charge in [-0.2, -0.15) is 0 Å². The Kier molecular flexibility index (Phi) is 3.28.